The van der Waals surface area contributed by atoms with Crippen molar-refractivity contribution < 1.29 is 5.11 Å². The molecular weight excluding hydrogens is 556 g/mol. The van der Waals surface area contributed by atoms with Crippen LogP contribution in [-0.4, -0.2) is 12.5 Å². The minimum Gasteiger partial charge on any atom is -0.391 e. The molecule has 28 heavy (non-hydrogen) atoms. The zero-order valence-electron chi connectivity index (χ0n) is 17.4. The lowest BCUT2D eigenvalue weighted by atomic mass is 10.4. The minimum atomic E-state index is -1.51. The summed E-state index contributed by atoms with van der Waals surface area (Å²) in [5.74, 6) is 0. The second-order valence-corrected chi connectivity index (χ2v) is 18.2. The van der Waals surface area contributed by atoms with Gasteiger partial charge < -0.3 is 5.11 Å². The highest BCUT2D eigenvalue weighted by molar-refractivity contribution is 9.10. The number of aryl methyl sites for hydroxylation is 1. The number of aliphatic hydroxyl groups is 1. The van der Waals surface area contributed by atoms with Crippen molar-refractivity contribution in [3.05, 3.63) is 41.6 Å². The molecule has 0 aliphatic carbocycles. The largest absolute Gasteiger partial charge is 0.391 e. The summed E-state index contributed by atoms with van der Waals surface area (Å²) in [6.45, 7) is 15.9. The number of hydrogen-bond acceptors (Lipinski definition) is 3. The Morgan fingerprint density at radius 2 is 1.25 bits per heavy atom. The minimum absolute atomic E-state index is 0. The van der Waals surface area contributed by atoms with Crippen molar-refractivity contribution in [2.75, 3.05) is 0 Å². The van der Waals surface area contributed by atoms with Crippen LogP contribution in [-0.2, 0) is 13.0 Å². The summed E-state index contributed by atoms with van der Waals surface area (Å²) >= 11 is 16.7. The lowest BCUT2D eigenvalue weighted by Crippen LogP contribution is -2.37. The average molecular weight is 593 g/mol. The Morgan fingerprint density at radius 1 is 0.893 bits per heavy atom. The van der Waals surface area contributed by atoms with Crippen LogP contribution in [0.25, 0.3) is 0 Å². The second kappa shape index (κ2) is 15.6. The maximum absolute atomic E-state index is 8.54. The molecule has 0 aromatic carbocycles. The molecule has 2 aromatic heterocycles. The van der Waals surface area contributed by atoms with Crippen LogP contribution in [0.2, 0.25) is 16.6 Å². The van der Waals surface area contributed by atoms with E-state index in [9.17, 15) is 0 Å². The Bertz CT molecular complexity index is 580. The molecule has 2 heterocycles. The maximum Gasteiger partial charge on any atom is 0.164 e. The highest BCUT2D eigenvalue weighted by atomic mass is 79.9. The fraction of sp³-hybridized carbons (Fsp3) is 0.619. The molecule has 0 saturated carbocycles. The van der Waals surface area contributed by atoms with Gasteiger partial charge in [0.2, 0.25) is 0 Å². The summed E-state index contributed by atoms with van der Waals surface area (Å²) in [7, 11) is -1.51. The first kappa shape index (κ1) is 31.0. The third kappa shape index (κ3) is 10.7. The van der Waals surface area contributed by atoms with Gasteiger partial charge >= 0.3 is 0 Å². The van der Waals surface area contributed by atoms with E-state index in [-0.39, 0.29) is 14.0 Å². The number of hydrogen-bond donors (Lipinski definition) is 1. The first-order valence-corrected chi connectivity index (χ1v) is 15.8. The summed E-state index contributed by atoms with van der Waals surface area (Å²) in [6, 6.07) is 4.06. The summed E-state index contributed by atoms with van der Waals surface area (Å²) in [6.07, 6.45) is 1.15. The molecule has 164 valence electrons. The van der Waals surface area contributed by atoms with Gasteiger partial charge in [0, 0.05) is 29.5 Å². The topological polar surface area (TPSA) is 20.2 Å². The maximum atomic E-state index is 8.54. The van der Waals surface area contributed by atoms with E-state index in [1.54, 1.807) is 22.7 Å². The molecular formula is C21H37Br2ClOS2Si. The van der Waals surface area contributed by atoms with Gasteiger partial charge in [0.1, 0.15) is 0 Å². The fourth-order valence-corrected chi connectivity index (χ4v) is 9.69. The molecule has 2 rings (SSSR count). The van der Waals surface area contributed by atoms with Crippen molar-refractivity contribution in [2.24, 2.45) is 0 Å². The molecule has 0 fully saturated rings. The van der Waals surface area contributed by atoms with Gasteiger partial charge in [-0.05, 0) is 67.0 Å². The zero-order chi connectivity index (χ0) is 21.2. The molecule has 0 amide bonds. The molecule has 0 aliphatic heterocycles. The molecule has 0 bridgehead atoms. The quantitative estimate of drug-likeness (QED) is 0.270. The van der Waals surface area contributed by atoms with Gasteiger partial charge in [0.25, 0.3) is 0 Å². The van der Waals surface area contributed by atoms with Crippen molar-refractivity contribution in [2.45, 2.75) is 85.5 Å². The van der Waals surface area contributed by atoms with Crippen LogP contribution in [0.3, 0.4) is 0 Å². The molecule has 0 unspecified atom stereocenters. The van der Waals surface area contributed by atoms with Crippen LogP contribution in [0, 0.1) is 0 Å². The normalized spacial score (nSPS) is 10.9. The monoisotopic (exact) mass is 590 g/mol. The van der Waals surface area contributed by atoms with Gasteiger partial charge in [-0.2, -0.15) is 11.1 Å². The van der Waals surface area contributed by atoms with Gasteiger partial charge in [-0.1, -0.05) is 55.9 Å². The standard InChI is InChI=1S/C9H21ClSi.C6H7BrS.C5H5BrOS.CH4/c1-7(2)11(10,8(3)4)9(5)6;1-2-6-3-5(7)4-8-6;6-4-1-5(2-7)8-3-4;/h7-9H,1-6H3;3-4H,2H2,1H3;1,3,7H,2H2;1H4. The molecule has 0 spiro atoms. The van der Waals surface area contributed by atoms with Gasteiger partial charge in [-0.3, -0.25) is 0 Å². The second-order valence-electron chi connectivity index (χ2n) is 7.27. The molecule has 0 atom stereocenters. The molecule has 1 N–H and O–H groups in total. The van der Waals surface area contributed by atoms with E-state index in [1.165, 1.54) is 9.35 Å². The Hall–Kier alpha value is 0.827. The van der Waals surface area contributed by atoms with Crippen molar-refractivity contribution in [3.8, 4) is 0 Å². The van der Waals surface area contributed by atoms with Crippen molar-refractivity contribution in [1.29, 1.82) is 0 Å². The van der Waals surface area contributed by atoms with E-state index in [4.69, 9.17) is 16.2 Å². The van der Waals surface area contributed by atoms with Gasteiger partial charge in [-0.25, -0.2) is 0 Å². The smallest absolute Gasteiger partial charge is 0.164 e. The van der Waals surface area contributed by atoms with Crippen LogP contribution in [0.1, 0.15) is 65.6 Å². The predicted molar refractivity (Wildman–Crippen MR) is 143 cm³/mol. The van der Waals surface area contributed by atoms with E-state index in [0.29, 0.717) is 16.6 Å². The van der Waals surface area contributed by atoms with Crippen LogP contribution in [0.4, 0.5) is 0 Å². The van der Waals surface area contributed by atoms with E-state index >= 15 is 0 Å². The number of rotatable bonds is 5. The molecule has 2 aromatic rings. The summed E-state index contributed by atoms with van der Waals surface area (Å²) in [4.78, 5) is 2.44. The highest BCUT2D eigenvalue weighted by Gasteiger charge is 2.40. The Kier molecular flexibility index (Phi) is 17.3. The third-order valence-corrected chi connectivity index (χ3v) is 17.2. The molecule has 0 radical (unpaired) electrons. The van der Waals surface area contributed by atoms with Crippen LogP contribution < -0.4 is 0 Å². The SMILES string of the molecule is C.CC(C)[Si](Cl)(C(C)C)C(C)C.CCc1cc(Br)cs1.OCc1cc(Br)cs1. The first-order valence-electron chi connectivity index (χ1n) is 9.24. The van der Waals surface area contributed by atoms with E-state index in [1.807, 2.05) is 11.4 Å². The predicted octanol–water partition coefficient (Wildman–Crippen LogP) is 10.1. The summed E-state index contributed by atoms with van der Waals surface area (Å²) < 4.78 is 2.26. The molecule has 7 heteroatoms. The average Bonchev–Trinajstić information content (AvgIpc) is 3.22. The zero-order valence-corrected chi connectivity index (χ0v) is 23.9. The highest BCUT2D eigenvalue weighted by Crippen LogP contribution is 2.44. The number of halogens is 3. The van der Waals surface area contributed by atoms with Gasteiger partial charge in [-0.15, -0.1) is 22.7 Å². The number of aliphatic hydroxyl groups excluding tert-OH is 1. The lowest BCUT2D eigenvalue weighted by Gasteiger charge is -2.36. The summed E-state index contributed by atoms with van der Waals surface area (Å²) in [5.41, 5.74) is 2.05. The fourth-order valence-electron chi connectivity index (χ4n) is 2.98. The van der Waals surface area contributed by atoms with E-state index < -0.39 is 7.38 Å². The van der Waals surface area contributed by atoms with Crippen LogP contribution >= 0.6 is 65.6 Å². The van der Waals surface area contributed by atoms with Crippen molar-refractivity contribution in [1.82, 2.24) is 0 Å². The molecule has 0 saturated heterocycles. The van der Waals surface area contributed by atoms with Gasteiger partial charge in [0.15, 0.2) is 7.38 Å². The Morgan fingerprint density at radius 3 is 1.36 bits per heavy atom. The molecule has 1 nitrogen and oxygen atoms in total. The summed E-state index contributed by atoms with van der Waals surface area (Å²) in [5, 5.41) is 12.6. The van der Waals surface area contributed by atoms with Crippen molar-refractivity contribution >= 4 is 73.0 Å². The van der Waals surface area contributed by atoms with Gasteiger partial charge in [0.05, 0.1) is 6.61 Å². The first-order chi connectivity index (χ1) is 12.5. The van der Waals surface area contributed by atoms with E-state index in [2.05, 4.69) is 91.8 Å². The van der Waals surface area contributed by atoms with Crippen molar-refractivity contribution in [3.63, 3.8) is 0 Å². The van der Waals surface area contributed by atoms with Crippen LogP contribution in [0.15, 0.2) is 31.8 Å². The van der Waals surface area contributed by atoms with Crippen LogP contribution in [0.5, 0.6) is 0 Å². The third-order valence-electron chi connectivity index (χ3n) is 4.40. The Labute approximate surface area is 203 Å². The Balaban J connectivity index is 0. The lowest BCUT2D eigenvalue weighted by molar-refractivity contribution is 0.285. The molecule has 0 aliphatic rings. The van der Waals surface area contributed by atoms with E-state index in [0.717, 1.165) is 15.8 Å². The number of thiophene rings is 2.